The van der Waals surface area contributed by atoms with E-state index in [9.17, 15) is 14.0 Å². The summed E-state index contributed by atoms with van der Waals surface area (Å²) in [5.41, 5.74) is -0.415. The molecule has 1 saturated heterocycles. The van der Waals surface area contributed by atoms with E-state index in [0.717, 1.165) is 24.2 Å². The first-order valence-electron chi connectivity index (χ1n) is 7.42. The minimum Gasteiger partial charge on any atom is -0.323 e. The summed E-state index contributed by atoms with van der Waals surface area (Å²) in [6, 6.07) is 5.83. The van der Waals surface area contributed by atoms with Crippen molar-refractivity contribution in [3.63, 3.8) is 0 Å². The summed E-state index contributed by atoms with van der Waals surface area (Å²) in [4.78, 5) is 26.1. The first kappa shape index (κ1) is 14.0. The second-order valence-electron chi connectivity index (χ2n) is 6.03. The number of nitrogens with one attached hydrogen (secondary N) is 1. The van der Waals surface area contributed by atoms with E-state index in [4.69, 9.17) is 0 Å². The van der Waals surface area contributed by atoms with E-state index in [1.807, 2.05) is 6.92 Å². The van der Waals surface area contributed by atoms with Gasteiger partial charge in [-0.3, -0.25) is 9.69 Å². The molecular formula is C16H19FN2O2. The van der Waals surface area contributed by atoms with Crippen molar-refractivity contribution in [3.05, 3.63) is 35.6 Å². The average Bonchev–Trinajstić information content (AvgIpc) is 2.70. The van der Waals surface area contributed by atoms with Gasteiger partial charge < -0.3 is 5.32 Å². The molecule has 0 radical (unpaired) electrons. The zero-order valence-corrected chi connectivity index (χ0v) is 12.1. The number of carbonyl (C=O) groups is 2. The summed E-state index contributed by atoms with van der Waals surface area (Å²) in [5.74, 6) is -0.480. The smallest absolute Gasteiger partial charge is 0.323 e. The maximum atomic E-state index is 13.7. The molecule has 1 N–H and O–H groups in total. The fraction of sp³-hybridized carbons (Fsp3) is 0.500. The topological polar surface area (TPSA) is 49.4 Å². The van der Waals surface area contributed by atoms with Gasteiger partial charge in [0.1, 0.15) is 11.4 Å². The standard InChI is InChI=1S/C16H19FN2O2/c1-11-6-4-5-9-16(11)14(20)19(15(21)18-16)10-12-7-2-3-8-13(12)17/h2-3,7-8,11H,4-6,9-10H2,1H3,(H,18,21)/t11-,16+/m0/s1. The van der Waals surface area contributed by atoms with Gasteiger partial charge in [-0.05, 0) is 24.8 Å². The number of urea groups is 1. The van der Waals surface area contributed by atoms with Crippen molar-refractivity contribution in [1.82, 2.24) is 10.2 Å². The van der Waals surface area contributed by atoms with Gasteiger partial charge >= 0.3 is 6.03 Å². The van der Waals surface area contributed by atoms with Crippen LogP contribution in [0.15, 0.2) is 24.3 Å². The van der Waals surface area contributed by atoms with E-state index in [1.54, 1.807) is 18.2 Å². The Kier molecular flexibility index (Phi) is 3.43. The normalized spacial score (nSPS) is 29.0. The predicted octanol–water partition coefficient (Wildman–Crippen LogP) is 2.83. The zero-order valence-electron chi connectivity index (χ0n) is 12.1. The van der Waals surface area contributed by atoms with Crippen LogP contribution in [0.2, 0.25) is 0 Å². The summed E-state index contributed by atoms with van der Waals surface area (Å²) in [7, 11) is 0. The van der Waals surface area contributed by atoms with Crippen LogP contribution in [0.3, 0.4) is 0 Å². The largest absolute Gasteiger partial charge is 0.325 e. The first-order valence-corrected chi connectivity index (χ1v) is 7.42. The van der Waals surface area contributed by atoms with E-state index in [-0.39, 0.29) is 18.4 Å². The minimum atomic E-state index is -0.777. The Morgan fingerprint density at radius 3 is 2.81 bits per heavy atom. The molecule has 0 unspecified atom stereocenters. The van der Waals surface area contributed by atoms with Gasteiger partial charge in [0, 0.05) is 5.56 Å². The monoisotopic (exact) mass is 290 g/mol. The molecule has 5 heteroatoms. The van der Waals surface area contributed by atoms with Crippen LogP contribution in [-0.4, -0.2) is 22.4 Å². The number of halogens is 1. The van der Waals surface area contributed by atoms with Crippen molar-refractivity contribution >= 4 is 11.9 Å². The molecule has 0 aromatic heterocycles. The average molecular weight is 290 g/mol. The van der Waals surface area contributed by atoms with E-state index in [1.165, 1.54) is 6.07 Å². The predicted molar refractivity (Wildman–Crippen MR) is 75.8 cm³/mol. The van der Waals surface area contributed by atoms with Crippen LogP contribution in [0.25, 0.3) is 0 Å². The summed E-state index contributed by atoms with van der Waals surface area (Å²) >= 11 is 0. The molecule has 2 fully saturated rings. The first-order chi connectivity index (χ1) is 10.0. The molecule has 1 saturated carbocycles. The molecule has 0 bridgehead atoms. The lowest BCUT2D eigenvalue weighted by Gasteiger charge is -2.36. The van der Waals surface area contributed by atoms with Crippen LogP contribution in [0, 0.1) is 11.7 Å². The van der Waals surface area contributed by atoms with E-state index >= 15 is 0 Å². The fourth-order valence-electron chi connectivity index (χ4n) is 3.44. The van der Waals surface area contributed by atoms with Gasteiger partial charge in [0.25, 0.3) is 5.91 Å². The van der Waals surface area contributed by atoms with Crippen LogP contribution >= 0.6 is 0 Å². The number of nitrogens with zero attached hydrogens (tertiary/aromatic N) is 1. The van der Waals surface area contributed by atoms with Gasteiger partial charge in [-0.1, -0.05) is 38.0 Å². The van der Waals surface area contributed by atoms with Gasteiger partial charge in [-0.25, -0.2) is 9.18 Å². The molecule has 3 rings (SSSR count). The highest BCUT2D eigenvalue weighted by molar-refractivity contribution is 6.07. The van der Waals surface area contributed by atoms with E-state index in [0.29, 0.717) is 12.0 Å². The Balaban J connectivity index is 1.86. The quantitative estimate of drug-likeness (QED) is 0.851. The van der Waals surface area contributed by atoms with Crippen molar-refractivity contribution in [3.8, 4) is 0 Å². The SMILES string of the molecule is C[C@H]1CCCC[C@@]12NC(=O)N(Cc1ccccc1F)C2=O. The molecule has 4 nitrogen and oxygen atoms in total. The second kappa shape index (κ2) is 5.13. The molecule has 1 aromatic rings. The highest BCUT2D eigenvalue weighted by Gasteiger charge is 2.54. The Hall–Kier alpha value is -1.91. The van der Waals surface area contributed by atoms with Crippen LogP contribution < -0.4 is 5.32 Å². The molecular weight excluding hydrogens is 271 g/mol. The Morgan fingerprint density at radius 2 is 2.10 bits per heavy atom. The minimum absolute atomic E-state index is 0.00813. The molecule has 1 aliphatic carbocycles. The molecule has 112 valence electrons. The Labute approximate surface area is 123 Å². The lowest BCUT2D eigenvalue weighted by molar-refractivity contribution is -0.134. The van der Waals surface area contributed by atoms with Crippen LogP contribution in [-0.2, 0) is 11.3 Å². The van der Waals surface area contributed by atoms with Crippen LogP contribution in [0.1, 0.15) is 38.2 Å². The van der Waals surface area contributed by atoms with Crippen molar-refractivity contribution in [2.75, 3.05) is 0 Å². The van der Waals surface area contributed by atoms with Crippen molar-refractivity contribution in [2.24, 2.45) is 5.92 Å². The van der Waals surface area contributed by atoms with E-state index < -0.39 is 17.4 Å². The van der Waals surface area contributed by atoms with Gasteiger partial charge in [0.05, 0.1) is 6.54 Å². The summed E-state index contributed by atoms with van der Waals surface area (Å²) < 4.78 is 13.7. The maximum absolute atomic E-state index is 13.7. The molecule has 2 atom stereocenters. The summed E-state index contributed by atoms with van der Waals surface area (Å²) in [6.45, 7) is 2.00. The Bertz CT molecular complexity index is 589. The maximum Gasteiger partial charge on any atom is 0.325 e. The lowest BCUT2D eigenvalue weighted by atomic mass is 9.73. The highest BCUT2D eigenvalue weighted by atomic mass is 19.1. The molecule has 1 spiro atoms. The molecule has 3 amide bonds. The van der Waals surface area contributed by atoms with Gasteiger partial charge in [-0.2, -0.15) is 0 Å². The number of hydrogen-bond acceptors (Lipinski definition) is 2. The number of benzene rings is 1. The van der Waals surface area contributed by atoms with Crippen molar-refractivity contribution in [1.29, 1.82) is 0 Å². The number of imide groups is 1. The zero-order chi connectivity index (χ0) is 15.0. The summed E-state index contributed by atoms with van der Waals surface area (Å²) in [6.07, 6.45) is 3.62. The van der Waals surface area contributed by atoms with Crippen LogP contribution in [0.5, 0.6) is 0 Å². The van der Waals surface area contributed by atoms with Gasteiger partial charge in [-0.15, -0.1) is 0 Å². The second-order valence-corrected chi connectivity index (χ2v) is 6.03. The number of rotatable bonds is 2. The number of carbonyl (C=O) groups excluding carboxylic acids is 2. The molecule has 1 heterocycles. The fourth-order valence-corrected chi connectivity index (χ4v) is 3.44. The molecule has 1 aliphatic heterocycles. The van der Waals surface area contributed by atoms with E-state index in [2.05, 4.69) is 5.32 Å². The molecule has 2 aliphatic rings. The lowest BCUT2D eigenvalue weighted by Crippen LogP contribution is -2.53. The number of hydrogen-bond donors (Lipinski definition) is 1. The number of amides is 3. The highest BCUT2D eigenvalue weighted by Crippen LogP contribution is 2.38. The summed E-state index contributed by atoms with van der Waals surface area (Å²) in [5, 5.41) is 2.87. The third-order valence-electron chi connectivity index (χ3n) is 4.79. The third kappa shape index (κ3) is 2.20. The van der Waals surface area contributed by atoms with Crippen molar-refractivity contribution < 1.29 is 14.0 Å². The Morgan fingerprint density at radius 1 is 1.33 bits per heavy atom. The van der Waals surface area contributed by atoms with Crippen LogP contribution in [0.4, 0.5) is 9.18 Å². The molecule has 21 heavy (non-hydrogen) atoms. The molecule has 1 aromatic carbocycles. The third-order valence-corrected chi connectivity index (χ3v) is 4.79. The van der Waals surface area contributed by atoms with Gasteiger partial charge in [0.2, 0.25) is 0 Å². The van der Waals surface area contributed by atoms with Gasteiger partial charge in [0.15, 0.2) is 0 Å². The van der Waals surface area contributed by atoms with Crippen molar-refractivity contribution in [2.45, 2.75) is 44.7 Å².